The van der Waals surface area contributed by atoms with Crippen molar-refractivity contribution in [1.82, 2.24) is 4.90 Å². The van der Waals surface area contributed by atoms with Crippen molar-refractivity contribution in [3.05, 3.63) is 0 Å². The van der Waals surface area contributed by atoms with Crippen LogP contribution in [-0.4, -0.2) is 77.5 Å². The number of carboxylic acid groups (broad SMARTS) is 1. The number of sulfone groups is 1. The molecular formula is C16H22N2O6S2. The molecule has 1 amide bonds. The lowest BCUT2D eigenvalue weighted by Crippen LogP contribution is -2.47. The molecule has 10 heteroatoms. The van der Waals surface area contributed by atoms with Crippen LogP contribution in [0.1, 0.15) is 25.7 Å². The lowest BCUT2D eigenvalue weighted by Gasteiger charge is -2.36. The topological polar surface area (TPSA) is 113 Å². The van der Waals surface area contributed by atoms with Crippen molar-refractivity contribution in [2.75, 3.05) is 24.7 Å². The van der Waals surface area contributed by atoms with Crippen LogP contribution in [0.5, 0.6) is 0 Å². The zero-order valence-corrected chi connectivity index (χ0v) is 15.9. The van der Waals surface area contributed by atoms with Crippen molar-refractivity contribution in [2.45, 2.75) is 43.0 Å². The lowest BCUT2D eigenvalue weighted by molar-refractivity contribution is -0.143. The number of nitrogens with zero attached hydrogens (tertiary/aromatic N) is 2. The maximum absolute atomic E-state index is 12.1. The van der Waals surface area contributed by atoms with E-state index in [1.807, 2.05) is 0 Å². The molecule has 8 nitrogen and oxygen atoms in total. The highest BCUT2D eigenvalue weighted by Gasteiger charge is 2.54. The number of amides is 1. The number of aliphatic imine (C=N–C) groups is 1. The van der Waals surface area contributed by atoms with Crippen molar-refractivity contribution in [2.24, 2.45) is 16.8 Å². The van der Waals surface area contributed by atoms with Gasteiger partial charge in [-0.15, -0.1) is 0 Å². The third-order valence-electron chi connectivity index (χ3n) is 5.84. The molecule has 0 unspecified atom stereocenters. The van der Waals surface area contributed by atoms with E-state index < -0.39 is 28.3 Å². The Bertz CT molecular complexity index is 752. The van der Waals surface area contributed by atoms with E-state index in [0.29, 0.717) is 17.0 Å². The molecule has 26 heavy (non-hydrogen) atoms. The average Bonchev–Trinajstić information content (AvgIpc) is 3.26. The van der Waals surface area contributed by atoms with Crippen molar-refractivity contribution < 1.29 is 27.9 Å². The van der Waals surface area contributed by atoms with E-state index in [-0.39, 0.29) is 35.4 Å². The van der Waals surface area contributed by atoms with Crippen LogP contribution in [0.3, 0.4) is 0 Å². The minimum Gasteiger partial charge on any atom is -0.480 e. The van der Waals surface area contributed by atoms with E-state index in [2.05, 4.69) is 9.89 Å². The van der Waals surface area contributed by atoms with Crippen LogP contribution in [0.2, 0.25) is 0 Å². The predicted octanol–water partition coefficient (Wildman–Crippen LogP) is 0.373. The fraction of sp³-hybridized carbons (Fsp3) is 0.812. The van der Waals surface area contributed by atoms with Crippen molar-refractivity contribution in [3.63, 3.8) is 0 Å². The number of carboxylic acids is 1. The van der Waals surface area contributed by atoms with Crippen LogP contribution in [-0.2, 0) is 24.2 Å². The molecule has 0 aromatic heterocycles. The largest absolute Gasteiger partial charge is 0.480 e. The number of aliphatic carboxylic acids is 1. The zero-order valence-electron chi connectivity index (χ0n) is 14.2. The summed E-state index contributed by atoms with van der Waals surface area (Å²) in [5.41, 5.74) is 0. The Morgan fingerprint density at radius 2 is 2.00 bits per heavy atom. The van der Waals surface area contributed by atoms with Crippen molar-refractivity contribution in [1.29, 1.82) is 0 Å². The first-order valence-electron chi connectivity index (χ1n) is 8.89. The molecule has 1 N–H and O–H groups in total. The minimum absolute atomic E-state index is 0.0781. The van der Waals surface area contributed by atoms with Crippen LogP contribution in [0.4, 0.5) is 0 Å². The molecule has 4 aliphatic rings. The van der Waals surface area contributed by atoms with Gasteiger partial charge in [-0.05, 0) is 31.1 Å². The van der Waals surface area contributed by atoms with E-state index in [0.717, 1.165) is 12.8 Å². The molecule has 2 saturated heterocycles. The quantitative estimate of drug-likeness (QED) is 0.702. The van der Waals surface area contributed by atoms with Crippen LogP contribution >= 0.6 is 11.8 Å². The molecule has 0 aromatic carbocycles. The molecule has 2 saturated carbocycles. The van der Waals surface area contributed by atoms with E-state index in [1.165, 1.54) is 24.6 Å². The van der Waals surface area contributed by atoms with Crippen LogP contribution in [0.25, 0.3) is 0 Å². The zero-order chi connectivity index (χ0) is 18.5. The smallest absolute Gasteiger partial charge is 0.329 e. The maximum Gasteiger partial charge on any atom is 0.329 e. The highest BCUT2D eigenvalue weighted by molar-refractivity contribution is 8.15. The number of hydrogen-bond donors (Lipinski definition) is 1. The molecule has 4 rings (SSSR count). The summed E-state index contributed by atoms with van der Waals surface area (Å²) in [7, 11) is -3.05. The summed E-state index contributed by atoms with van der Waals surface area (Å²) in [5, 5.41) is 9.09. The molecule has 144 valence electrons. The number of hydrogen-bond acceptors (Lipinski definition) is 6. The summed E-state index contributed by atoms with van der Waals surface area (Å²) in [4.78, 5) is 28.8. The predicted molar refractivity (Wildman–Crippen MR) is 95.8 cm³/mol. The van der Waals surface area contributed by atoms with Crippen molar-refractivity contribution in [3.8, 4) is 0 Å². The van der Waals surface area contributed by atoms with E-state index in [4.69, 9.17) is 9.84 Å². The summed E-state index contributed by atoms with van der Waals surface area (Å²) in [6, 6.07) is 0.150. The lowest BCUT2D eigenvalue weighted by atomic mass is 9.93. The maximum atomic E-state index is 12.1. The summed E-state index contributed by atoms with van der Waals surface area (Å²) in [6.07, 6.45) is 4.61. The molecule has 2 aliphatic heterocycles. The van der Waals surface area contributed by atoms with E-state index in [9.17, 15) is 18.0 Å². The van der Waals surface area contributed by atoms with E-state index in [1.54, 1.807) is 0 Å². The van der Waals surface area contributed by atoms with Gasteiger partial charge in [-0.3, -0.25) is 4.79 Å². The number of carbonyl (C=O) groups is 2. The van der Waals surface area contributed by atoms with Gasteiger partial charge in [0.15, 0.2) is 15.0 Å². The number of thioether (sulfide) groups is 1. The summed E-state index contributed by atoms with van der Waals surface area (Å²) in [6.45, 7) is -0.919. The number of carbonyl (C=O) groups excluding carboxylic acids is 1. The summed E-state index contributed by atoms with van der Waals surface area (Å²) < 4.78 is 29.0. The normalized spacial score (nSPS) is 38.8. The third-order valence-corrected chi connectivity index (χ3v) is 9.06. The Balaban J connectivity index is 1.52. The van der Waals surface area contributed by atoms with Gasteiger partial charge in [0.1, 0.15) is 13.2 Å². The SMILES string of the molecule is O=C(O)COCC(=O)N=C1S[C@@H]2CS(=O)(=O)C[C@@H]2N1[C@@H]1C[C@H]2CC[C@H]1C2. The second-order valence-electron chi connectivity index (χ2n) is 7.62. The molecular weight excluding hydrogens is 380 g/mol. The Kier molecular flexibility index (Phi) is 4.77. The Labute approximate surface area is 156 Å². The number of amidine groups is 1. The first-order valence-corrected chi connectivity index (χ1v) is 11.6. The molecule has 0 aromatic rings. The van der Waals surface area contributed by atoms with Gasteiger partial charge >= 0.3 is 5.97 Å². The van der Waals surface area contributed by atoms with Gasteiger partial charge in [0.05, 0.1) is 17.5 Å². The molecule has 2 aliphatic carbocycles. The molecule has 4 fully saturated rings. The highest BCUT2D eigenvalue weighted by Crippen LogP contribution is 2.51. The first kappa shape index (κ1) is 18.2. The summed E-state index contributed by atoms with van der Waals surface area (Å²) >= 11 is 1.38. The molecule has 0 radical (unpaired) electrons. The summed E-state index contributed by atoms with van der Waals surface area (Å²) in [5.74, 6) is -0.160. The molecule has 0 spiro atoms. The molecule has 2 bridgehead atoms. The van der Waals surface area contributed by atoms with Crippen LogP contribution in [0.15, 0.2) is 4.99 Å². The number of ether oxygens (including phenoxy) is 1. The van der Waals surface area contributed by atoms with Gasteiger partial charge < -0.3 is 14.7 Å². The Morgan fingerprint density at radius 3 is 2.65 bits per heavy atom. The Morgan fingerprint density at radius 1 is 1.19 bits per heavy atom. The fourth-order valence-electron chi connectivity index (χ4n) is 4.90. The third kappa shape index (κ3) is 3.50. The molecule has 5 atom stereocenters. The van der Waals surface area contributed by atoms with Crippen molar-refractivity contribution >= 4 is 38.6 Å². The average molecular weight is 402 g/mol. The Hall–Kier alpha value is -1.13. The number of rotatable bonds is 5. The van der Waals surface area contributed by atoms with Gasteiger partial charge in [-0.1, -0.05) is 18.2 Å². The van der Waals surface area contributed by atoms with Gasteiger partial charge in [0, 0.05) is 11.3 Å². The van der Waals surface area contributed by atoms with Crippen LogP contribution in [0, 0.1) is 11.8 Å². The monoisotopic (exact) mass is 402 g/mol. The first-order chi connectivity index (χ1) is 12.3. The second kappa shape index (κ2) is 6.79. The van der Waals surface area contributed by atoms with Gasteiger partial charge in [0.25, 0.3) is 5.91 Å². The highest BCUT2D eigenvalue weighted by atomic mass is 32.2. The standard InChI is InChI=1S/C16H22N2O6S2/c19-14(5-24-6-15(20)21)17-16-18(11-4-9-1-2-10(11)3-9)12-7-26(22,23)8-13(12)25-16/h9-13H,1-8H2,(H,20,21)/t9-,10-,11+,12-,13+/m0/s1. The van der Waals surface area contributed by atoms with E-state index >= 15 is 0 Å². The fourth-order valence-corrected chi connectivity index (χ4v) is 8.89. The van der Waals surface area contributed by atoms with Gasteiger partial charge in [0.2, 0.25) is 0 Å². The van der Waals surface area contributed by atoms with Gasteiger partial charge in [-0.25, -0.2) is 13.2 Å². The minimum atomic E-state index is -3.05. The number of fused-ring (bicyclic) bond motifs is 3. The second-order valence-corrected chi connectivity index (χ2v) is 11.0. The van der Waals surface area contributed by atoms with Gasteiger partial charge in [-0.2, -0.15) is 4.99 Å². The molecule has 2 heterocycles. The van der Waals surface area contributed by atoms with Crippen LogP contribution < -0.4 is 0 Å².